The molecule has 102 valence electrons. The number of amides is 1. The van der Waals surface area contributed by atoms with Crippen molar-refractivity contribution in [1.82, 2.24) is 10.3 Å². The van der Waals surface area contributed by atoms with Gasteiger partial charge in [-0.15, -0.1) is 0 Å². The summed E-state index contributed by atoms with van der Waals surface area (Å²) in [4.78, 5) is 15.2. The molecule has 20 heavy (non-hydrogen) atoms. The number of hydrogen-bond acceptors (Lipinski definition) is 4. The SMILES string of the molecule is NC(=O)c1cccc(NCc2ccc3c(c2)CNC3)n1. The summed E-state index contributed by atoms with van der Waals surface area (Å²) in [6, 6.07) is 11.6. The first kappa shape index (κ1) is 12.6. The summed E-state index contributed by atoms with van der Waals surface area (Å²) in [5.74, 6) is 0.136. The van der Waals surface area contributed by atoms with Crippen LogP contribution in [0.15, 0.2) is 36.4 Å². The number of anilines is 1. The minimum absolute atomic E-state index is 0.271. The van der Waals surface area contributed by atoms with Crippen LogP contribution in [0.5, 0.6) is 0 Å². The zero-order valence-corrected chi connectivity index (χ0v) is 11.0. The van der Waals surface area contributed by atoms with E-state index in [-0.39, 0.29) is 5.69 Å². The molecule has 0 spiro atoms. The summed E-state index contributed by atoms with van der Waals surface area (Å²) >= 11 is 0. The predicted molar refractivity (Wildman–Crippen MR) is 77.1 cm³/mol. The highest BCUT2D eigenvalue weighted by Gasteiger charge is 2.10. The number of carbonyl (C=O) groups excluding carboxylic acids is 1. The molecule has 0 fully saturated rings. The number of nitrogens with one attached hydrogen (secondary N) is 2. The van der Waals surface area contributed by atoms with Crippen LogP contribution in [-0.4, -0.2) is 10.9 Å². The smallest absolute Gasteiger partial charge is 0.267 e. The molecular formula is C15H16N4O. The van der Waals surface area contributed by atoms with Gasteiger partial charge in [0.05, 0.1) is 0 Å². The van der Waals surface area contributed by atoms with Gasteiger partial charge in [0.1, 0.15) is 11.5 Å². The number of pyridine rings is 1. The first-order chi connectivity index (χ1) is 9.72. The third-order valence-corrected chi connectivity index (χ3v) is 3.38. The van der Waals surface area contributed by atoms with Crippen LogP contribution in [-0.2, 0) is 19.6 Å². The Hall–Kier alpha value is -2.40. The minimum atomic E-state index is -0.516. The van der Waals surface area contributed by atoms with Gasteiger partial charge in [0, 0.05) is 19.6 Å². The predicted octanol–water partition coefficient (Wildman–Crippen LogP) is 1.40. The lowest BCUT2D eigenvalue weighted by molar-refractivity contribution is 0.0995. The first-order valence-corrected chi connectivity index (χ1v) is 6.54. The standard InChI is InChI=1S/C15H16N4O/c16-15(20)13-2-1-3-14(19-13)18-7-10-4-5-11-8-17-9-12(11)6-10/h1-6,17H,7-9H2,(H2,16,20)(H,18,19). The normalized spacial score (nSPS) is 13.0. The number of hydrogen-bond donors (Lipinski definition) is 3. The third-order valence-electron chi connectivity index (χ3n) is 3.38. The van der Waals surface area contributed by atoms with Gasteiger partial charge in [-0.1, -0.05) is 24.3 Å². The van der Waals surface area contributed by atoms with Gasteiger partial charge in [-0.05, 0) is 28.8 Å². The molecule has 1 aromatic carbocycles. The van der Waals surface area contributed by atoms with Gasteiger partial charge in [-0.3, -0.25) is 4.79 Å². The Bertz CT molecular complexity index is 654. The quantitative estimate of drug-likeness (QED) is 0.783. The summed E-state index contributed by atoms with van der Waals surface area (Å²) in [6.07, 6.45) is 0. The Kier molecular flexibility index (Phi) is 3.35. The van der Waals surface area contributed by atoms with E-state index in [9.17, 15) is 4.79 Å². The highest BCUT2D eigenvalue weighted by Crippen LogP contribution is 2.17. The molecule has 5 heteroatoms. The minimum Gasteiger partial charge on any atom is -0.366 e. The molecular weight excluding hydrogens is 252 g/mol. The molecule has 1 amide bonds. The van der Waals surface area contributed by atoms with E-state index in [1.807, 2.05) is 6.07 Å². The van der Waals surface area contributed by atoms with Crippen molar-refractivity contribution < 1.29 is 4.79 Å². The van der Waals surface area contributed by atoms with E-state index < -0.39 is 5.91 Å². The summed E-state index contributed by atoms with van der Waals surface area (Å²) in [6.45, 7) is 2.55. The monoisotopic (exact) mass is 268 g/mol. The van der Waals surface area contributed by atoms with Gasteiger partial charge in [0.2, 0.25) is 0 Å². The number of nitrogens with zero attached hydrogens (tertiary/aromatic N) is 1. The second-order valence-corrected chi connectivity index (χ2v) is 4.83. The molecule has 3 rings (SSSR count). The fourth-order valence-electron chi connectivity index (χ4n) is 2.32. The first-order valence-electron chi connectivity index (χ1n) is 6.54. The fourth-order valence-corrected chi connectivity index (χ4v) is 2.32. The van der Waals surface area contributed by atoms with Crippen molar-refractivity contribution in [2.45, 2.75) is 19.6 Å². The van der Waals surface area contributed by atoms with E-state index in [4.69, 9.17) is 5.73 Å². The highest BCUT2D eigenvalue weighted by atomic mass is 16.1. The van der Waals surface area contributed by atoms with Gasteiger partial charge in [-0.25, -0.2) is 4.98 Å². The van der Waals surface area contributed by atoms with Crippen molar-refractivity contribution in [2.24, 2.45) is 5.73 Å². The number of carbonyl (C=O) groups is 1. The summed E-state index contributed by atoms with van der Waals surface area (Å²) in [5, 5.41) is 6.53. The van der Waals surface area contributed by atoms with Crippen LogP contribution in [0.1, 0.15) is 27.2 Å². The lowest BCUT2D eigenvalue weighted by Gasteiger charge is -2.08. The van der Waals surface area contributed by atoms with E-state index in [1.165, 1.54) is 16.7 Å². The van der Waals surface area contributed by atoms with E-state index in [0.29, 0.717) is 12.4 Å². The van der Waals surface area contributed by atoms with Crippen molar-refractivity contribution in [3.05, 3.63) is 58.8 Å². The largest absolute Gasteiger partial charge is 0.366 e. The number of fused-ring (bicyclic) bond motifs is 1. The Morgan fingerprint density at radius 2 is 2.10 bits per heavy atom. The Morgan fingerprint density at radius 3 is 2.95 bits per heavy atom. The summed E-state index contributed by atoms with van der Waals surface area (Å²) in [7, 11) is 0. The van der Waals surface area contributed by atoms with Crippen molar-refractivity contribution in [2.75, 3.05) is 5.32 Å². The molecule has 2 aromatic rings. The van der Waals surface area contributed by atoms with Gasteiger partial charge in [0.25, 0.3) is 5.91 Å². The van der Waals surface area contributed by atoms with Crippen molar-refractivity contribution in [3.63, 3.8) is 0 Å². The molecule has 0 bridgehead atoms. The zero-order chi connectivity index (χ0) is 13.9. The summed E-state index contributed by atoms with van der Waals surface area (Å²) < 4.78 is 0. The number of benzene rings is 1. The number of primary amides is 1. The molecule has 0 radical (unpaired) electrons. The van der Waals surface area contributed by atoms with Crippen molar-refractivity contribution >= 4 is 11.7 Å². The van der Waals surface area contributed by atoms with Crippen LogP contribution in [0.3, 0.4) is 0 Å². The lowest BCUT2D eigenvalue weighted by Crippen LogP contribution is -2.14. The van der Waals surface area contributed by atoms with Gasteiger partial charge < -0.3 is 16.4 Å². The molecule has 4 N–H and O–H groups in total. The average Bonchev–Trinajstić information content (AvgIpc) is 2.93. The molecule has 5 nitrogen and oxygen atoms in total. The maximum atomic E-state index is 11.1. The van der Waals surface area contributed by atoms with Crippen molar-refractivity contribution in [1.29, 1.82) is 0 Å². The third kappa shape index (κ3) is 2.62. The van der Waals surface area contributed by atoms with Crippen LogP contribution in [0.2, 0.25) is 0 Å². The maximum absolute atomic E-state index is 11.1. The molecule has 0 saturated carbocycles. The maximum Gasteiger partial charge on any atom is 0.267 e. The van der Waals surface area contributed by atoms with E-state index in [0.717, 1.165) is 13.1 Å². The average molecular weight is 268 g/mol. The molecule has 0 atom stereocenters. The number of rotatable bonds is 4. The van der Waals surface area contributed by atoms with Crippen LogP contribution in [0.4, 0.5) is 5.82 Å². The molecule has 1 aromatic heterocycles. The Labute approximate surface area is 117 Å². The van der Waals surface area contributed by atoms with Gasteiger partial charge >= 0.3 is 0 Å². The van der Waals surface area contributed by atoms with E-state index in [1.54, 1.807) is 12.1 Å². The molecule has 0 aliphatic carbocycles. The van der Waals surface area contributed by atoms with Gasteiger partial charge in [-0.2, -0.15) is 0 Å². The fraction of sp³-hybridized carbons (Fsp3) is 0.200. The van der Waals surface area contributed by atoms with Gasteiger partial charge in [0.15, 0.2) is 0 Å². The number of nitrogens with two attached hydrogens (primary N) is 1. The molecule has 1 aliphatic rings. The molecule has 1 aliphatic heterocycles. The molecule has 0 saturated heterocycles. The molecule has 2 heterocycles. The zero-order valence-electron chi connectivity index (χ0n) is 11.0. The second kappa shape index (κ2) is 5.30. The Morgan fingerprint density at radius 1 is 1.25 bits per heavy atom. The van der Waals surface area contributed by atoms with E-state index >= 15 is 0 Å². The Balaban J connectivity index is 1.70. The van der Waals surface area contributed by atoms with Crippen molar-refractivity contribution in [3.8, 4) is 0 Å². The molecule has 0 unspecified atom stereocenters. The highest BCUT2D eigenvalue weighted by molar-refractivity contribution is 5.91. The van der Waals surface area contributed by atoms with Crippen LogP contribution >= 0.6 is 0 Å². The topological polar surface area (TPSA) is 80.0 Å². The second-order valence-electron chi connectivity index (χ2n) is 4.83. The van der Waals surface area contributed by atoms with Crippen LogP contribution < -0.4 is 16.4 Å². The summed E-state index contributed by atoms with van der Waals surface area (Å²) in [5.41, 5.74) is 9.39. The lowest BCUT2D eigenvalue weighted by atomic mass is 10.1. The van der Waals surface area contributed by atoms with E-state index in [2.05, 4.69) is 33.8 Å². The van der Waals surface area contributed by atoms with Crippen LogP contribution in [0.25, 0.3) is 0 Å². The van der Waals surface area contributed by atoms with Crippen LogP contribution in [0, 0.1) is 0 Å². The number of aromatic nitrogens is 1.